The third-order valence-corrected chi connectivity index (χ3v) is 1.06. The summed E-state index contributed by atoms with van der Waals surface area (Å²) >= 11 is 0. The fourth-order valence-corrected chi connectivity index (χ4v) is 0.557. The Bertz CT molecular complexity index is 91.9. The highest BCUT2D eigenvalue weighted by Gasteiger charge is 2.00. The summed E-state index contributed by atoms with van der Waals surface area (Å²) < 4.78 is 1.02. The number of nitrogens with zero attached hydrogens (tertiary/aromatic N) is 1. The van der Waals surface area contributed by atoms with Gasteiger partial charge in [0, 0.05) is 0 Å². The van der Waals surface area contributed by atoms with Gasteiger partial charge in [0.05, 0.1) is 27.7 Å². The average molecular weight is 164 g/mol. The number of hydrogen-bond donors (Lipinski definition) is 0. The monoisotopic (exact) mass is 163 g/mol. The number of hydrogen-bond acceptors (Lipinski definition) is 0. The molecule has 2 heteroatoms. The molecule has 0 rings (SSSR count). The van der Waals surface area contributed by atoms with E-state index in [0.29, 0.717) is 0 Å². The van der Waals surface area contributed by atoms with Gasteiger partial charge in [-0.05, 0) is 12.5 Å². The van der Waals surface area contributed by atoms with Gasteiger partial charge in [-0.1, -0.05) is 13.0 Å². The maximum atomic E-state index is 2.24. The zero-order chi connectivity index (χ0) is 7.33. The summed E-state index contributed by atoms with van der Waals surface area (Å²) in [6, 6.07) is 0. The summed E-state index contributed by atoms with van der Waals surface area (Å²) in [4.78, 5) is 0. The molecule has 0 spiro atoms. The van der Waals surface area contributed by atoms with Crippen LogP contribution in [0.3, 0.4) is 0 Å². The Balaban J connectivity index is 0. The highest BCUT2D eigenvalue weighted by Crippen LogP contribution is 1.90. The molecule has 0 atom stereocenters. The van der Waals surface area contributed by atoms with Gasteiger partial charge in [0.2, 0.25) is 0 Å². The molecule has 0 aliphatic rings. The lowest BCUT2D eigenvalue weighted by Crippen LogP contribution is -3.00. The number of halogens is 1. The normalized spacial score (nSPS) is 11.6. The molecule has 0 aliphatic carbocycles. The second-order valence-electron chi connectivity index (χ2n) is 3.35. The molecule has 0 amide bonds. The van der Waals surface area contributed by atoms with E-state index >= 15 is 0 Å². The molecule has 1 nitrogen and oxygen atoms in total. The second kappa shape index (κ2) is 5.75. The first-order valence-corrected chi connectivity index (χ1v) is 3.51. The van der Waals surface area contributed by atoms with Crippen LogP contribution in [0.15, 0.2) is 12.2 Å². The standard InChI is InChI=1S/C8H18N.ClH/c1-5-6-7-8-9(2,3)4;/h6-7H,5,8H2,1-4H3;1H/q+1;/p-1. The van der Waals surface area contributed by atoms with E-state index in [0.717, 1.165) is 17.4 Å². The molecule has 0 aromatic heterocycles. The first kappa shape index (κ1) is 12.6. The van der Waals surface area contributed by atoms with Crippen molar-refractivity contribution in [2.45, 2.75) is 13.3 Å². The van der Waals surface area contributed by atoms with Gasteiger partial charge in [-0.3, -0.25) is 0 Å². The highest BCUT2D eigenvalue weighted by molar-refractivity contribution is 4.79. The minimum Gasteiger partial charge on any atom is -1.00 e. The smallest absolute Gasteiger partial charge is 0.0967 e. The van der Waals surface area contributed by atoms with E-state index < -0.39 is 0 Å². The lowest BCUT2D eigenvalue weighted by molar-refractivity contribution is -0.864. The molecule has 0 unspecified atom stereocenters. The summed E-state index contributed by atoms with van der Waals surface area (Å²) in [5.74, 6) is 0. The van der Waals surface area contributed by atoms with Crippen molar-refractivity contribution in [2.75, 3.05) is 27.7 Å². The minimum absolute atomic E-state index is 0. The Morgan fingerprint density at radius 3 is 1.90 bits per heavy atom. The first-order chi connectivity index (χ1) is 4.06. The molecule has 0 saturated carbocycles. The SMILES string of the molecule is CCC=CC[N+](C)(C)C.[Cl-]. The molecule has 0 aromatic carbocycles. The van der Waals surface area contributed by atoms with E-state index in [9.17, 15) is 0 Å². The lowest BCUT2D eigenvalue weighted by Gasteiger charge is -2.21. The van der Waals surface area contributed by atoms with Gasteiger partial charge in [-0.25, -0.2) is 0 Å². The van der Waals surface area contributed by atoms with Crippen LogP contribution < -0.4 is 12.4 Å². The zero-order valence-corrected chi connectivity index (χ0v) is 8.15. The van der Waals surface area contributed by atoms with Crippen LogP contribution >= 0.6 is 0 Å². The van der Waals surface area contributed by atoms with Gasteiger partial charge in [-0.15, -0.1) is 0 Å². The Kier molecular flexibility index (Phi) is 7.27. The summed E-state index contributed by atoms with van der Waals surface area (Å²) in [5, 5.41) is 0. The molecule has 0 aromatic rings. The molecule has 0 N–H and O–H groups in total. The third-order valence-electron chi connectivity index (χ3n) is 1.06. The molecular weight excluding hydrogens is 146 g/mol. The van der Waals surface area contributed by atoms with Crippen LogP contribution in [0, 0.1) is 0 Å². The Morgan fingerprint density at radius 1 is 1.10 bits per heavy atom. The Hall–Kier alpha value is -0.0100. The fourth-order valence-electron chi connectivity index (χ4n) is 0.557. The zero-order valence-electron chi connectivity index (χ0n) is 7.39. The quantitative estimate of drug-likeness (QED) is 0.357. The molecule has 10 heavy (non-hydrogen) atoms. The van der Waals surface area contributed by atoms with Gasteiger partial charge < -0.3 is 16.9 Å². The molecule has 0 heterocycles. The van der Waals surface area contributed by atoms with Crippen molar-refractivity contribution in [3.63, 3.8) is 0 Å². The van der Waals surface area contributed by atoms with Crippen LogP contribution in [-0.2, 0) is 0 Å². The Labute approximate surface area is 70.7 Å². The van der Waals surface area contributed by atoms with Crippen LogP contribution in [0.4, 0.5) is 0 Å². The molecule has 0 radical (unpaired) electrons. The number of rotatable bonds is 3. The molecule has 0 bridgehead atoms. The van der Waals surface area contributed by atoms with Crippen molar-refractivity contribution in [2.24, 2.45) is 0 Å². The summed E-state index contributed by atoms with van der Waals surface area (Å²) in [6.07, 6.45) is 5.60. The highest BCUT2D eigenvalue weighted by atomic mass is 35.5. The molecule has 0 fully saturated rings. The predicted molar refractivity (Wildman–Crippen MR) is 42.3 cm³/mol. The van der Waals surface area contributed by atoms with Crippen LogP contribution in [0.1, 0.15) is 13.3 Å². The largest absolute Gasteiger partial charge is 1.00 e. The van der Waals surface area contributed by atoms with Gasteiger partial charge in [-0.2, -0.15) is 0 Å². The van der Waals surface area contributed by atoms with Gasteiger partial charge in [0.25, 0.3) is 0 Å². The van der Waals surface area contributed by atoms with Crippen molar-refractivity contribution in [1.82, 2.24) is 0 Å². The van der Waals surface area contributed by atoms with Gasteiger partial charge in [0.1, 0.15) is 0 Å². The second-order valence-corrected chi connectivity index (χ2v) is 3.35. The van der Waals surface area contributed by atoms with Crippen molar-refractivity contribution in [3.8, 4) is 0 Å². The van der Waals surface area contributed by atoms with Gasteiger partial charge in [0.15, 0.2) is 0 Å². The molecular formula is C8H18ClN. The molecule has 0 saturated heterocycles. The predicted octanol–water partition coefficient (Wildman–Crippen LogP) is -1.34. The lowest BCUT2D eigenvalue weighted by atomic mass is 10.4. The van der Waals surface area contributed by atoms with E-state index in [-0.39, 0.29) is 12.4 Å². The van der Waals surface area contributed by atoms with E-state index in [4.69, 9.17) is 0 Å². The average Bonchev–Trinajstić information content (AvgIpc) is 1.63. The minimum atomic E-state index is 0. The maximum absolute atomic E-state index is 2.24. The maximum Gasteiger partial charge on any atom is 0.0967 e. The Morgan fingerprint density at radius 2 is 1.60 bits per heavy atom. The van der Waals surface area contributed by atoms with E-state index in [1.54, 1.807) is 0 Å². The third kappa shape index (κ3) is 10.9. The molecule has 62 valence electrons. The number of allylic oxidation sites excluding steroid dienone is 1. The van der Waals surface area contributed by atoms with E-state index in [1.807, 2.05) is 0 Å². The number of likely N-dealkylation sites (N-methyl/N-ethyl adjacent to an activating group) is 1. The first-order valence-electron chi connectivity index (χ1n) is 3.51. The van der Waals surface area contributed by atoms with Crippen LogP contribution in [0.25, 0.3) is 0 Å². The fraction of sp³-hybridized carbons (Fsp3) is 0.750. The van der Waals surface area contributed by atoms with Crippen LogP contribution in [0.5, 0.6) is 0 Å². The van der Waals surface area contributed by atoms with Crippen LogP contribution in [0.2, 0.25) is 0 Å². The topological polar surface area (TPSA) is 0 Å². The van der Waals surface area contributed by atoms with E-state index in [1.165, 1.54) is 0 Å². The van der Waals surface area contributed by atoms with Crippen molar-refractivity contribution < 1.29 is 16.9 Å². The van der Waals surface area contributed by atoms with E-state index in [2.05, 4.69) is 40.2 Å². The molecule has 0 aliphatic heterocycles. The van der Waals surface area contributed by atoms with Crippen LogP contribution in [-0.4, -0.2) is 32.2 Å². The van der Waals surface area contributed by atoms with Crippen molar-refractivity contribution in [3.05, 3.63) is 12.2 Å². The van der Waals surface area contributed by atoms with Crippen molar-refractivity contribution in [1.29, 1.82) is 0 Å². The van der Waals surface area contributed by atoms with Gasteiger partial charge >= 0.3 is 0 Å². The summed E-state index contributed by atoms with van der Waals surface area (Å²) in [6.45, 7) is 3.29. The van der Waals surface area contributed by atoms with Crippen molar-refractivity contribution >= 4 is 0 Å². The number of quaternary nitrogens is 1. The summed E-state index contributed by atoms with van der Waals surface area (Å²) in [7, 11) is 6.58. The summed E-state index contributed by atoms with van der Waals surface area (Å²) in [5.41, 5.74) is 0.